The van der Waals surface area contributed by atoms with Crippen molar-refractivity contribution in [2.24, 2.45) is 0 Å². The average molecular weight is 207 g/mol. The van der Waals surface area contributed by atoms with Gasteiger partial charge in [0.25, 0.3) is 0 Å². The van der Waals surface area contributed by atoms with E-state index < -0.39 is 5.43 Å². The summed E-state index contributed by atoms with van der Waals surface area (Å²) in [6.07, 6.45) is 0.860. The zero-order chi connectivity index (χ0) is 9.52. The summed E-state index contributed by atoms with van der Waals surface area (Å²) in [5, 5.41) is 3.28. The molecule has 1 saturated heterocycles. The Morgan fingerprint density at radius 3 is 2.77 bits per heavy atom. The number of nitrogens with zero attached hydrogens (tertiary/aromatic N) is 1. The topological polar surface area (TPSA) is 41.6 Å². The van der Waals surface area contributed by atoms with Gasteiger partial charge in [-0.15, -0.1) is 0 Å². The Bertz CT molecular complexity index is 160. The Labute approximate surface area is 83.2 Å². The third-order valence-electron chi connectivity index (χ3n) is 2.04. The molecule has 0 aromatic carbocycles. The molecule has 0 spiro atoms. The van der Waals surface area contributed by atoms with E-state index in [1.54, 1.807) is 0 Å². The van der Waals surface area contributed by atoms with Gasteiger partial charge in [0.15, 0.2) is 0 Å². The molecule has 0 aromatic rings. The quantitative estimate of drug-likeness (QED) is 0.542. The van der Waals surface area contributed by atoms with E-state index in [4.69, 9.17) is 11.6 Å². The molecule has 0 unspecified atom stereocenters. The van der Waals surface area contributed by atoms with Crippen molar-refractivity contribution in [2.75, 3.05) is 39.3 Å². The minimum atomic E-state index is -0.708. The molecule has 4 nitrogen and oxygen atoms in total. The molecule has 1 N–H and O–H groups in total. The molecule has 0 atom stereocenters. The monoisotopic (exact) mass is 206 g/mol. The van der Waals surface area contributed by atoms with E-state index in [-0.39, 0.29) is 0 Å². The second-order valence-corrected chi connectivity index (χ2v) is 3.34. The van der Waals surface area contributed by atoms with E-state index in [0.29, 0.717) is 6.61 Å². The molecule has 0 saturated carbocycles. The number of hydrogen-bond acceptors (Lipinski definition) is 4. The highest BCUT2D eigenvalue weighted by Gasteiger charge is 2.08. The van der Waals surface area contributed by atoms with Crippen LogP contribution in [0.2, 0.25) is 0 Å². The number of ether oxygens (including phenoxy) is 1. The van der Waals surface area contributed by atoms with Crippen molar-refractivity contribution >= 4 is 17.0 Å². The van der Waals surface area contributed by atoms with Crippen molar-refractivity contribution in [2.45, 2.75) is 6.42 Å². The fraction of sp³-hybridized carbons (Fsp3) is 0.875. The Kier molecular flexibility index (Phi) is 5.12. The van der Waals surface area contributed by atoms with Crippen molar-refractivity contribution in [3.05, 3.63) is 0 Å². The molecule has 0 aromatic heterocycles. The number of piperazine rings is 1. The Balaban J connectivity index is 1.95. The summed E-state index contributed by atoms with van der Waals surface area (Å²) in [7, 11) is 0. The molecule has 0 radical (unpaired) electrons. The lowest BCUT2D eigenvalue weighted by Crippen LogP contribution is -2.43. The van der Waals surface area contributed by atoms with Crippen LogP contribution in [-0.4, -0.2) is 49.7 Å². The average Bonchev–Trinajstić information content (AvgIpc) is 2.14. The van der Waals surface area contributed by atoms with E-state index in [1.807, 2.05) is 0 Å². The SMILES string of the molecule is O=C(Cl)OCCCN1CCNCC1. The minimum Gasteiger partial charge on any atom is -0.454 e. The first-order valence-corrected chi connectivity index (χ1v) is 4.92. The lowest BCUT2D eigenvalue weighted by atomic mass is 10.3. The lowest BCUT2D eigenvalue weighted by Gasteiger charge is -2.26. The van der Waals surface area contributed by atoms with Crippen LogP contribution in [0.1, 0.15) is 6.42 Å². The summed E-state index contributed by atoms with van der Waals surface area (Å²) in [6.45, 7) is 5.66. The van der Waals surface area contributed by atoms with Crippen molar-refractivity contribution < 1.29 is 9.53 Å². The summed E-state index contributed by atoms with van der Waals surface area (Å²) in [5.74, 6) is 0. The van der Waals surface area contributed by atoms with Gasteiger partial charge in [0.05, 0.1) is 6.61 Å². The predicted octanol–water partition coefficient (Wildman–Crippen LogP) is 0.657. The maximum Gasteiger partial charge on any atom is 0.403 e. The van der Waals surface area contributed by atoms with Crippen LogP contribution in [0, 0.1) is 0 Å². The smallest absolute Gasteiger partial charge is 0.403 e. The van der Waals surface area contributed by atoms with E-state index >= 15 is 0 Å². The van der Waals surface area contributed by atoms with Crippen LogP contribution in [0.5, 0.6) is 0 Å². The standard InChI is InChI=1S/C8H15ClN2O2/c9-8(12)13-7-1-4-11-5-2-10-3-6-11/h10H,1-7H2. The largest absolute Gasteiger partial charge is 0.454 e. The maximum atomic E-state index is 10.2. The fourth-order valence-electron chi connectivity index (χ4n) is 1.38. The predicted molar refractivity (Wildman–Crippen MR) is 51.1 cm³/mol. The molecule has 5 heteroatoms. The Morgan fingerprint density at radius 1 is 1.46 bits per heavy atom. The summed E-state index contributed by atoms with van der Waals surface area (Å²) >= 11 is 5.01. The number of carbonyl (C=O) groups excluding carboxylic acids is 1. The highest BCUT2D eigenvalue weighted by molar-refractivity contribution is 6.61. The second kappa shape index (κ2) is 6.18. The van der Waals surface area contributed by atoms with Gasteiger partial charge in [0, 0.05) is 44.3 Å². The number of carbonyl (C=O) groups is 1. The summed E-state index contributed by atoms with van der Waals surface area (Å²) in [4.78, 5) is 12.6. The molecule has 1 heterocycles. The highest BCUT2D eigenvalue weighted by atomic mass is 35.5. The molecule has 0 aliphatic carbocycles. The van der Waals surface area contributed by atoms with Gasteiger partial charge in [-0.1, -0.05) is 0 Å². The third kappa shape index (κ3) is 5.08. The van der Waals surface area contributed by atoms with Gasteiger partial charge in [0.1, 0.15) is 0 Å². The Morgan fingerprint density at radius 2 is 2.15 bits per heavy atom. The van der Waals surface area contributed by atoms with Gasteiger partial charge in [-0.3, -0.25) is 0 Å². The van der Waals surface area contributed by atoms with Gasteiger partial charge in [-0.2, -0.15) is 0 Å². The second-order valence-electron chi connectivity index (χ2n) is 3.03. The zero-order valence-corrected chi connectivity index (χ0v) is 8.35. The molecule has 1 fully saturated rings. The van der Waals surface area contributed by atoms with Gasteiger partial charge in [-0.25, -0.2) is 4.79 Å². The molecule has 0 bridgehead atoms. The van der Waals surface area contributed by atoms with E-state index in [2.05, 4.69) is 15.0 Å². The molecular weight excluding hydrogens is 192 g/mol. The first kappa shape index (κ1) is 10.8. The van der Waals surface area contributed by atoms with E-state index in [1.165, 1.54) is 0 Å². The molecule has 0 amide bonds. The minimum absolute atomic E-state index is 0.423. The molecule has 1 aliphatic rings. The van der Waals surface area contributed by atoms with Crippen molar-refractivity contribution in [3.63, 3.8) is 0 Å². The molecular formula is C8H15ClN2O2. The molecule has 76 valence electrons. The van der Waals surface area contributed by atoms with Gasteiger partial charge < -0.3 is 15.0 Å². The molecule has 13 heavy (non-hydrogen) atoms. The summed E-state index contributed by atoms with van der Waals surface area (Å²) in [5.41, 5.74) is -0.708. The number of hydrogen-bond donors (Lipinski definition) is 1. The lowest BCUT2D eigenvalue weighted by molar-refractivity contribution is 0.159. The Hall–Kier alpha value is -0.320. The van der Waals surface area contributed by atoms with Gasteiger partial charge in [0.2, 0.25) is 0 Å². The van der Waals surface area contributed by atoms with Crippen LogP contribution in [-0.2, 0) is 4.74 Å². The summed E-state index contributed by atoms with van der Waals surface area (Å²) in [6, 6.07) is 0. The van der Waals surface area contributed by atoms with Crippen molar-refractivity contribution in [1.29, 1.82) is 0 Å². The first-order valence-electron chi connectivity index (χ1n) is 4.54. The van der Waals surface area contributed by atoms with E-state index in [0.717, 1.165) is 39.1 Å². The van der Waals surface area contributed by atoms with Crippen LogP contribution in [0.4, 0.5) is 4.79 Å². The number of rotatable bonds is 4. The van der Waals surface area contributed by atoms with Crippen molar-refractivity contribution in [1.82, 2.24) is 10.2 Å². The van der Waals surface area contributed by atoms with Crippen LogP contribution in [0.3, 0.4) is 0 Å². The first-order chi connectivity index (χ1) is 6.29. The maximum absolute atomic E-state index is 10.2. The van der Waals surface area contributed by atoms with E-state index in [9.17, 15) is 4.79 Å². The highest BCUT2D eigenvalue weighted by Crippen LogP contribution is 1.96. The van der Waals surface area contributed by atoms with Crippen LogP contribution >= 0.6 is 11.6 Å². The van der Waals surface area contributed by atoms with Crippen molar-refractivity contribution in [3.8, 4) is 0 Å². The zero-order valence-electron chi connectivity index (χ0n) is 7.59. The van der Waals surface area contributed by atoms with Gasteiger partial charge in [-0.05, 0) is 6.42 Å². The van der Waals surface area contributed by atoms with Crippen LogP contribution in [0.15, 0.2) is 0 Å². The number of nitrogens with one attached hydrogen (secondary N) is 1. The fourth-order valence-corrected chi connectivity index (χ4v) is 1.45. The third-order valence-corrected chi connectivity index (χ3v) is 2.15. The molecule has 1 rings (SSSR count). The van der Waals surface area contributed by atoms with Crippen LogP contribution < -0.4 is 5.32 Å². The summed E-state index contributed by atoms with van der Waals surface area (Å²) < 4.78 is 4.62. The van der Waals surface area contributed by atoms with Crippen LogP contribution in [0.25, 0.3) is 0 Å². The van der Waals surface area contributed by atoms with Gasteiger partial charge >= 0.3 is 5.43 Å². The number of halogens is 1. The normalized spacial score (nSPS) is 18.5. The molecule has 1 aliphatic heterocycles.